The molecule has 1 heterocycles. The molecule has 0 bridgehead atoms. The first-order valence-electron chi connectivity index (χ1n) is 7.83. The smallest absolute Gasteiger partial charge is 0.240 e. The first-order chi connectivity index (χ1) is 9.72. The Bertz CT molecular complexity index is 424. The van der Waals surface area contributed by atoms with E-state index in [-0.39, 0.29) is 17.5 Å². The Morgan fingerprint density at radius 1 is 1.35 bits per heavy atom. The van der Waals surface area contributed by atoms with Crippen LogP contribution < -0.4 is 10.6 Å². The van der Waals surface area contributed by atoms with E-state index in [1.54, 1.807) is 0 Å². The van der Waals surface area contributed by atoms with Gasteiger partial charge in [0.05, 0.1) is 11.6 Å². The summed E-state index contributed by atoms with van der Waals surface area (Å²) in [4.78, 5) is 12.7. The van der Waals surface area contributed by atoms with E-state index in [4.69, 9.17) is 0 Å². The van der Waals surface area contributed by atoms with Crippen LogP contribution in [0.2, 0.25) is 0 Å². The quantitative estimate of drug-likeness (QED) is 0.836. The summed E-state index contributed by atoms with van der Waals surface area (Å²) >= 11 is 0. The highest BCUT2D eigenvalue weighted by Crippen LogP contribution is 2.26. The van der Waals surface area contributed by atoms with Gasteiger partial charge in [0.15, 0.2) is 0 Å². The summed E-state index contributed by atoms with van der Waals surface area (Å²) < 4.78 is 0. The van der Waals surface area contributed by atoms with Gasteiger partial charge in [-0.15, -0.1) is 0 Å². The Morgan fingerprint density at radius 3 is 2.65 bits per heavy atom. The van der Waals surface area contributed by atoms with Crippen molar-refractivity contribution in [1.82, 2.24) is 10.6 Å². The molecule has 1 aliphatic heterocycles. The fraction of sp³-hybridized carbons (Fsp3) is 0.588. The molecule has 0 spiro atoms. The van der Waals surface area contributed by atoms with Crippen molar-refractivity contribution in [1.29, 1.82) is 0 Å². The zero-order chi connectivity index (χ0) is 14.4. The monoisotopic (exact) mass is 274 g/mol. The molecule has 1 aromatic carbocycles. The molecule has 2 N–H and O–H groups in total. The van der Waals surface area contributed by atoms with Crippen molar-refractivity contribution < 1.29 is 4.79 Å². The number of hydrogen-bond donors (Lipinski definition) is 2. The fourth-order valence-corrected chi connectivity index (χ4v) is 3.05. The van der Waals surface area contributed by atoms with E-state index in [1.165, 1.54) is 5.56 Å². The number of amides is 1. The maximum absolute atomic E-state index is 12.7. The van der Waals surface area contributed by atoms with Gasteiger partial charge in [0.2, 0.25) is 5.91 Å². The molecule has 110 valence electrons. The van der Waals surface area contributed by atoms with E-state index in [9.17, 15) is 4.79 Å². The van der Waals surface area contributed by atoms with Crippen molar-refractivity contribution in [3.63, 3.8) is 0 Å². The number of carbonyl (C=O) groups is 1. The average molecular weight is 274 g/mol. The van der Waals surface area contributed by atoms with Gasteiger partial charge in [0, 0.05) is 0 Å². The predicted molar refractivity (Wildman–Crippen MR) is 82.5 cm³/mol. The zero-order valence-electron chi connectivity index (χ0n) is 12.6. The Hall–Kier alpha value is -1.35. The second-order valence-electron chi connectivity index (χ2n) is 5.69. The lowest BCUT2D eigenvalue weighted by molar-refractivity contribution is -0.128. The minimum absolute atomic E-state index is 0.125. The third kappa shape index (κ3) is 3.21. The molecule has 0 radical (unpaired) electrons. The van der Waals surface area contributed by atoms with Crippen molar-refractivity contribution >= 4 is 5.91 Å². The topological polar surface area (TPSA) is 41.1 Å². The van der Waals surface area contributed by atoms with Gasteiger partial charge in [-0.2, -0.15) is 0 Å². The van der Waals surface area contributed by atoms with Crippen LogP contribution in [0.4, 0.5) is 0 Å². The lowest BCUT2D eigenvalue weighted by Gasteiger charge is -2.30. The average Bonchev–Trinajstić information content (AvgIpc) is 2.98. The molecule has 0 aromatic heterocycles. The SMILES string of the molecule is CCCC(NC(=O)C1(CC)CCCN1)c1ccccc1. The van der Waals surface area contributed by atoms with E-state index < -0.39 is 0 Å². The van der Waals surface area contributed by atoms with Crippen molar-refractivity contribution in [3.8, 4) is 0 Å². The van der Waals surface area contributed by atoms with Crippen LogP contribution >= 0.6 is 0 Å². The molecule has 0 saturated carbocycles. The van der Waals surface area contributed by atoms with Crippen LogP contribution in [0.15, 0.2) is 30.3 Å². The second kappa shape index (κ2) is 6.89. The molecule has 1 aliphatic rings. The molecule has 2 unspecified atom stereocenters. The van der Waals surface area contributed by atoms with Gasteiger partial charge in [0.25, 0.3) is 0 Å². The van der Waals surface area contributed by atoms with Crippen LogP contribution in [0.5, 0.6) is 0 Å². The van der Waals surface area contributed by atoms with Gasteiger partial charge in [-0.25, -0.2) is 0 Å². The largest absolute Gasteiger partial charge is 0.348 e. The van der Waals surface area contributed by atoms with Gasteiger partial charge in [0.1, 0.15) is 0 Å². The minimum atomic E-state index is -0.346. The summed E-state index contributed by atoms with van der Waals surface area (Å²) in [5.74, 6) is 0.166. The molecule has 1 aromatic rings. The van der Waals surface area contributed by atoms with Gasteiger partial charge >= 0.3 is 0 Å². The minimum Gasteiger partial charge on any atom is -0.348 e. The maximum Gasteiger partial charge on any atom is 0.240 e. The molecule has 0 aliphatic carbocycles. The third-order valence-electron chi connectivity index (χ3n) is 4.37. The fourth-order valence-electron chi connectivity index (χ4n) is 3.05. The molecule has 2 atom stereocenters. The Morgan fingerprint density at radius 2 is 2.10 bits per heavy atom. The van der Waals surface area contributed by atoms with Gasteiger partial charge in [-0.05, 0) is 37.8 Å². The van der Waals surface area contributed by atoms with Crippen LogP contribution in [-0.4, -0.2) is 18.0 Å². The first-order valence-corrected chi connectivity index (χ1v) is 7.83. The van der Waals surface area contributed by atoms with Crippen LogP contribution in [0.25, 0.3) is 0 Å². The van der Waals surface area contributed by atoms with E-state index in [2.05, 4.69) is 36.6 Å². The number of hydrogen-bond acceptors (Lipinski definition) is 2. The second-order valence-corrected chi connectivity index (χ2v) is 5.69. The van der Waals surface area contributed by atoms with Gasteiger partial charge in [-0.1, -0.05) is 50.6 Å². The molecular formula is C17H26N2O. The molecular weight excluding hydrogens is 248 g/mol. The number of benzene rings is 1. The van der Waals surface area contributed by atoms with Gasteiger partial charge < -0.3 is 10.6 Å². The molecule has 1 amide bonds. The maximum atomic E-state index is 12.7. The predicted octanol–water partition coefficient (Wildman–Crippen LogP) is 3.18. The summed E-state index contributed by atoms with van der Waals surface area (Å²) in [6.07, 6.45) is 4.93. The van der Waals surface area contributed by atoms with Crippen molar-refractivity contribution in [2.75, 3.05) is 6.54 Å². The highest BCUT2D eigenvalue weighted by molar-refractivity contribution is 5.87. The van der Waals surface area contributed by atoms with E-state index >= 15 is 0 Å². The number of carbonyl (C=O) groups excluding carboxylic acids is 1. The zero-order valence-corrected chi connectivity index (χ0v) is 12.6. The summed E-state index contributed by atoms with van der Waals surface area (Å²) in [5.41, 5.74) is 0.854. The Balaban J connectivity index is 2.10. The summed E-state index contributed by atoms with van der Waals surface area (Å²) in [7, 11) is 0. The highest BCUT2D eigenvalue weighted by Gasteiger charge is 2.39. The van der Waals surface area contributed by atoms with Crippen molar-refractivity contribution in [2.45, 2.75) is 57.5 Å². The van der Waals surface area contributed by atoms with Crippen molar-refractivity contribution in [2.24, 2.45) is 0 Å². The van der Waals surface area contributed by atoms with Crippen LogP contribution in [-0.2, 0) is 4.79 Å². The van der Waals surface area contributed by atoms with E-state index in [0.29, 0.717) is 0 Å². The summed E-state index contributed by atoms with van der Waals surface area (Å²) in [6, 6.07) is 10.4. The van der Waals surface area contributed by atoms with Gasteiger partial charge in [-0.3, -0.25) is 4.79 Å². The normalized spacial score (nSPS) is 23.5. The molecule has 20 heavy (non-hydrogen) atoms. The summed E-state index contributed by atoms with van der Waals surface area (Å²) in [6.45, 7) is 5.20. The summed E-state index contributed by atoms with van der Waals surface area (Å²) in [5, 5.41) is 6.67. The molecule has 2 rings (SSSR count). The van der Waals surface area contributed by atoms with Crippen LogP contribution in [0.3, 0.4) is 0 Å². The van der Waals surface area contributed by atoms with Crippen LogP contribution in [0.1, 0.15) is 57.6 Å². The number of nitrogens with one attached hydrogen (secondary N) is 2. The van der Waals surface area contributed by atoms with E-state index in [1.807, 2.05) is 18.2 Å². The lowest BCUT2D eigenvalue weighted by Crippen LogP contribution is -2.53. The Labute approximate surface area is 122 Å². The standard InChI is InChI=1S/C17H26N2O/c1-3-9-15(14-10-6-5-7-11-14)19-16(20)17(4-2)12-8-13-18-17/h5-7,10-11,15,18H,3-4,8-9,12-13H2,1-2H3,(H,19,20). The molecule has 3 nitrogen and oxygen atoms in total. The van der Waals surface area contributed by atoms with Crippen molar-refractivity contribution in [3.05, 3.63) is 35.9 Å². The molecule has 3 heteroatoms. The Kier molecular flexibility index (Phi) is 5.18. The number of rotatable bonds is 6. The first kappa shape index (κ1) is 15.0. The highest BCUT2D eigenvalue weighted by atomic mass is 16.2. The van der Waals surface area contributed by atoms with E-state index in [0.717, 1.165) is 38.6 Å². The molecule has 1 saturated heterocycles. The third-order valence-corrected chi connectivity index (χ3v) is 4.37. The molecule has 1 fully saturated rings. The lowest BCUT2D eigenvalue weighted by atomic mass is 9.91. The van der Waals surface area contributed by atoms with Crippen LogP contribution in [0, 0.1) is 0 Å².